The highest BCUT2D eigenvalue weighted by atomic mass is 79.9. The van der Waals surface area contributed by atoms with Crippen LogP contribution in [0.4, 0.5) is 5.69 Å². The molecule has 2 aromatic rings. The molecule has 1 N–H and O–H groups in total. The maximum atomic E-state index is 6.57. The summed E-state index contributed by atoms with van der Waals surface area (Å²) in [4.78, 5) is 0. The van der Waals surface area contributed by atoms with E-state index in [1.54, 1.807) is 21.3 Å². The summed E-state index contributed by atoms with van der Waals surface area (Å²) in [5, 5.41) is 4.46. The molecule has 6 heteroatoms. The fourth-order valence-electron chi connectivity index (χ4n) is 4.25. The van der Waals surface area contributed by atoms with Crippen LogP contribution >= 0.6 is 27.5 Å². The highest BCUT2D eigenvalue weighted by molar-refractivity contribution is 9.10. The van der Waals surface area contributed by atoms with E-state index in [0.717, 1.165) is 38.5 Å². The molecule has 0 amide bonds. The van der Waals surface area contributed by atoms with Gasteiger partial charge in [0, 0.05) is 16.5 Å². The minimum Gasteiger partial charge on any atom is -0.495 e. The number of fused-ring (bicyclic) bond motifs is 3. The fraction of sp³-hybridized carbons (Fsp3) is 0.333. The first-order chi connectivity index (χ1) is 13.1. The summed E-state index contributed by atoms with van der Waals surface area (Å²) in [6.45, 7) is 0. The van der Waals surface area contributed by atoms with Crippen molar-refractivity contribution in [3.63, 3.8) is 0 Å². The Morgan fingerprint density at radius 3 is 2.56 bits per heavy atom. The standard InChI is InChI=1S/C21H21BrClNO3/c1-25-16-8-7-15(23)18-12-5-4-6-13(12)19(24-20(16)18)11-9-14(22)21(27-3)17(10-11)26-2/h4-5,7-10,12-13,19,24H,6H2,1-3H3/t12-,13-,19-/m0/s1. The van der Waals surface area contributed by atoms with E-state index >= 15 is 0 Å². The van der Waals surface area contributed by atoms with Crippen LogP contribution in [-0.4, -0.2) is 21.3 Å². The lowest BCUT2D eigenvalue weighted by molar-refractivity contribution is 0.350. The largest absolute Gasteiger partial charge is 0.495 e. The third-order valence-corrected chi connectivity index (χ3v) is 6.38. The summed E-state index contributed by atoms with van der Waals surface area (Å²) in [7, 11) is 4.98. The highest BCUT2D eigenvalue weighted by Gasteiger charge is 2.40. The number of allylic oxidation sites excluding steroid dienone is 2. The quantitative estimate of drug-likeness (QED) is 0.584. The van der Waals surface area contributed by atoms with Gasteiger partial charge in [-0.3, -0.25) is 0 Å². The van der Waals surface area contributed by atoms with E-state index < -0.39 is 0 Å². The Labute approximate surface area is 172 Å². The molecule has 0 saturated carbocycles. The average Bonchev–Trinajstić information content (AvgIpc) is 3.16. The zero-order valence-electron chi connectivity index (χ0n) is 15.4. The predicted molar refractivity (Wildman–Crippen MR) is 112 cm³/mol. The van der Waals surface area contributed by atoms with Crippen LogP contribution in [0.15, 0.2) is 40.9 Å². The van der Waals surface area contributed by atoms with Crippen LogP contribution in [0, 0.1) is 5.92 Å². The van der Waals surface area contributed by atoms with Gasteiger partial charge in [0.25, 0.3) is 0 Å². The molecule has 0 saturated heterocycles. The van der Waals surface area contributed by atoms with Crippen LogP contribution in [0.5, 0.6) is 17.2 Å². The van der Waals surface area contributed by atoms with Crippen LogP contribution in [0.25, 0.3) is 0 Å². The number of methoxy groups -OCH3 is 3. The lowest BCUT2D eigenvalue weighted by Crippen LogP contribution is -2.29. The molecule has 0 aromatic heterocycles. The Kier molecular flexibility index (Phi) is 4.99. The van der Waals surface area contributed by atoms with Gasteiger partial charge < -0.3 is 19.5 Å². The third kappa shape index (κ3) is 2.97. The predicted octanol–water partition coefficient (Wildman–Crippen LogP) is 5.95. The summed E-state index contributed by atoms with van der Waals surface area (Å²) in [5.41, 5.74) is 3.21. The van der Waals surface area contributed by atoms with Crippen LogP contribution in [0.2, 0.25) is 5.02 Å². The van der Waals surface area contributed by atoms with Gasteiger partial charge in [0.1, 0.15) is 5.75 Å². The topological polar surface area (TPSA) is 39.7 Å². The summed E-state index contributed by atoms with van der Waals surface area (Å²) < 4.78 is 17.5. The normalized spacial score (nSPS) is 22.6. The van der Waals surface area contributed by atoms with Gasteiger partial charge in [-0.25, -0.2) is 0 Å². The Morgan fingerprint density at radius 1 is 1.07 bits per heavy atom. The van der Waals surface area contributed by atoms with E-state index in [2.05, 4.69) is 39.5 Å². The molecule has 0 bridgehead atoms. The number of halogens is 2. The molecule has 4 rings (SSSR count). The average molecular weight is 451 g/mol. The molecule has 27 heavy (non-hydrogen) atoms. The van der Waals surface area contributed by atoms with Gasteiger partial charge in [-0.1, -0.05) is 23.8 Å². The van der Waals surface area contributed by atoms with Crippen molar-refractivity contribution in [3.05, 3.63) is 57.0 Å². The Morgan fingerprint density at radius 2 is 1.85 bits per heavy atom. The lowest BCUT2D eigenvalue weighted by atomic mass is 9.76. The number of nitrogens with one attached hydrogen (secondary N) is 1. The second-order valence-electron chi connectivity index (χ2n) is 6.75. The Hall–Kier alpha value is -1.85. The number of rotatable bonds is 4. The molecule has 2 aromatic carbocycles. The van der Waals surface area contributed by atoms with Crippen molar-refractivity contribution in [2.45, 2.75) is 18.4 Å². The summed E-state index contributed by atoms with van der Waals surface area (Å²) in [5.74, 6) is 2.82. The van der Waals surface area contributed by atoms with Crippen molar-refractivity contribution >= 4 is 33.2 Å². The molecule has 4 nitrogen and oxygen atoms in total. The molecule has 0 radical (unpaired) electrons. The van der Waals surface area contributed by atoms with Gasteiger partial charge in [0.15, 0.2) is 11.5 Å². The van der Waals surface area contributed by atoms with Gasteiger partial charge in [-0.2, -0.15) is 0 Å². The molecular formula is C21H21BrClNO3. The second kappa shape index (κ2) is 7.28. The third-order valence-electron chi connectivity index (χ3n) is 5.46. The number of hydrogen-bond acceptors (Lipinski definition) is 4. The van der Waals surface area contributed by atoms with Crippen molar-refractivity contribution in [2.75, 3.05) is 26.6 Å². The Bertz CT molecular complexity index is 915. The van der Waals surface area contributed by atoms with E-state index in [1.165, 1.54) is 0 Å². The molecule has 1 aliphatic carbocycles. The van der Waals surface area contributed by atoms with Gasteiger partial charge in [0.05, 0.1) is 37.5 Å². The van der Waals surface area contributed by atoms with Crippen molar-refractivity contribution in [1.29, 1.82) is 0 Å². The van der Waals surface area contributed by atoms with E-state index in [0.29, 0.717) is 17.4 Å². The van der Waals surface area contributed by atoms with Gasteiger partial charge in [-0.15, -0.1) is 0 Å². The molecule has 0 unspecified atom stereocenters. The molecule has 142 valence electrons. The van der Waals surface area contributed by atoms with Gasteiger partial charge in [0.2, 0.25) is 0 Å². The number of ether oxygens (including phenoxy) is 3. The van der Waals surface area contributed by atoms with Crippen LogP contribution < -0.4 is 19.5 Å². The van der Waals surface area contributed by atoms with Crippen molar-refractivity contribution in [2.24, 2.45) is 5.92 Å². The maximum absolute atomic E-state index is 6.57. The molecule has 2 aliphatic rings. The summed E-state index contributed by atoms with van der Waals surface area (Å²) in [6.07, 6.45) is 5.49. The molecular weight excluding hydrogens is 430 g/mol. The summed E-state index contributed by atoms with van der Waals surface area (Å²) >= 11 is 10.2. The molecule has 1 heterocycles. The van der Waals surface area contributed by atoms with E-state index in [-0.39, 0.29) is 12.0 Å². The molecule has 3 atom stereocenters. The van der Waals surface area contributed by atoms with Crippen molar-refractivity contribution in [1.82, 2.24) is 0 Å². The molecule has 1 aliphatic heterocycles. The maximum Gasteiger partial charge on any atom is 0.174 e. The van der Waals surface area contributed by atoms with Crippen molar-refractivity contribution < 1.29 is 14.2 Å². The van der Waals surface area contributed by atoms with Crippen LogP contribution in [0.1, 0.15) is 29.5 Å². The van der Waals surface area contributed by atoms with E-state index in [9.17, 15) is 0 Å². The van der Waals surface area contributed by atoms with Crippen LogP contribution in [-0.2, 0) is 0 Å². The summed E-state index contributed by atoms with van der Waals surface area (Å²) in [6, 6.07) is 8.06. The number of benzene rings is 2. The van der Waals surface area contributed by atoms with E-state index in [1.807, 2.05) is 18.2 Å². The first kappa shape index (κ1) is 18.5. The zero-order valence-corrected chi connectivity index (χ0v) is 17.7. The first-order valence-electron chi connectivity index (χ1n) is 8.80. The first-order valence-corrected chi connectivity index (χ1v) is 9.97. The van der Waals surface area contributed by atoms with Crippen molar-refractivity contribution in [3.8, 4) is 17.2 Å². The molecule has 0 fully saturated rings. The van der Waals surface area contributed by atoms with Crippen LogP contribution in [0.3, 0.4) is 0 Å². The second-order valence-corrected chi connectivity index (χ2v) is 8.01. The van der Waals surface area contributed by atoms with Gasteiger partial charge in [-0.05, 0) is 58.1 Å². The minimum absolute atomic E-state index is 0.0981. The SMILES string of the molecule is COc1ccc(Cl)c2c1N[C@@H](c1cc(Br)c(OC)c(OC)c1)[C@H]1CC=C[C@H]21. The highest BCUT2D eigenvalue weighted by Crippen LogP contribution is 2.55. The molecule has 0 spiro atoms. The fourth-order valence-corrected chi connectivity index (χ4v) is 5.16. The Balaban J connectivity index is 1.85. The monoisotopic (exact) mass is 449 g/mol. The van der Waals surface area contributed by atoms with Gasteiger partial charge >= 0.3 is 0 Å². The lowest BCUT2D eigenvalue weighted by Gasteiger charge is -2.38. The minimum atomic E-state index is 0.0981. The zero-order chi connectivity index (χ0) is 19.1. The van der Waals surface area contributed by atoms with E-state index in [4.69, 9.17) is 25.8 Å². The number of hydrogen-bond donors (Lipinski definition) is 1. The number of anilines is 1. The smallest absolute Gasteiger partial charge is 0.174 e.